The van der Waals surface area contributed by atoms with Gasteiger partial charge in [0.05, 0.1) is 5.60 Å². The molecule has 1 amide bonds. The van der Waals surface area contributed by atoms with Gasteiger partial charge in [-0.25, -0.2) is 0 Å². The molecule has 130 valence electrons. The summed E-state index contributed by atoms with van der Waals surface area (Å²) >= 11 is 0. The standard InChI is InChI=1S/C20H28N2O2/c23-19(17-6-2-1-3-7-17)22-13-9-20(10-14-22)16-18(8-15-24-20)21-11-4-5-12-21/h1-3,6-7,18H,4-5,8-16H2. The number of likely N-dealkylation sites (tertiary alicyclic amines) is 2. The largest absolute Gasteiger partial charge is 0.375 e. The third-order valence-corrected chi connectivity index (χ3v) is 6.11. The van der Waals surface area contributed by atoms with E-state index in [0.717, 1.165) is 44.5 Å². The molecule has 1 unspecified atom stereocenters. The summed E-state index contributed by atoms with van der Waals surface area (Å²) in [6.45, 7) is 5.05. The van der Waals surface area contributed by atoms with E-state index in [1.165, 1.54) is 32.4 Å². The minimum atomic E-state index is 0.0129. The Kier molecular flexibility index (Phi) is 4.59. The van der Waals surface area contributed by atoms with Crippen molar-refractivity contribution in [2.75, 3.05) is 32.8 Å². The van der Waals surface area contributed by atoms with Crippen LogP contribution in [0.3, 0.4) is 0 Å². The van der Waals surface area contributed by atoms with Crippen molar-refractivity contribution in [2.45, 2.75) is 50.2 Å². The van der Waals surface area contributed by atoms with Crippen LogP contribution in [0, 0.1) is 0 Å². The Hall–Kier alpha value is -1.39. The Morgan fingerprint density at radius 1 is 1.04 bits per heavy atom. The summed E-state index contributed by atoms with van der Waals surface area (Å²) in [4.78, 5) is 17.3. The molecular formula is C20H28N2O2. The minimum absolute atomic E-state index is 0.0129. The van der Waals surface area contributed by atoms with Gasteiger partial charge in [-0.1, -0.05) is 18.2 Å². The zero-order chi connectivity index (χ0) is 16.4. The van der Waals surface area contributed by atoms with Gasteiger partial charge in [0.2, 0.25) is 0 Å². The molecule has 3 aliphatic heterocycles. The van der Waals surface area contributed by atoms with Crippen LogP contribution in [-0.4, -0.2) is 60.1 Å². The fourth-order valence-corrected chi connectivity index (χ4v) is 4.65. The van der Waals surface area contributed by atoms with E-state index < -0.39 is 0 Å². The molecule has 0 N–H and O–H groups in total. The van der Waals surface area contributed by atoms with Gasteiger partial charge in [-0.3, -0.25) is 4.79 Å². The first-order valence-electron chi connectivity index (χ1n) is 9.48. The van der Waals surface area contributed by atoms with E-state index in [2.05, 4.69) is 4.90 Å². The van der Waals surface area contributed by atoms with Crippen LogP contribution in [0.1, 0.15) is 48.9 Å². The maximum atomic E-state index is 12.6. The molecule has 3 aliphatic rings. The van der Waals surface area contributed by atoms with E-state index in [4.69, 9.17) is 4.74 Å². The molecule has 0 aliphatic carbocycles. The second-order valence-electron chi connectivity index (χ2n) is 7.58. The van der Waals surface area contributed by atoms with Gasteiger partial charge in [-0.05, 0) is 63.7 Å². The first-order chi connectivity index (χ1) is 11.8. The fraction of sp³-hybridized carbons (Fsp3) is 0.650. The zero-order valence-electron chi connectivity index (χ0n) is 14.5. The van der Waals surface area contributed by atoms with Gasteiger partial charge in [-0.2, -0.15) is 0 Å². The molecular weight excluding hydrogens is 300 g/mol. The van der Waals surface area contributed by atoms with Crippen LogP contribution in [0.25, 0.3) is 0 Å². The van der Waals surface area contributed by atoms with Gasteiger partial charge in [0.25, 0.3) is 5.91 Å². The van der Waals surface area contributed by atoms with E-state index >= 15 is 0 Å². The Balaban J connectivity index is 1.37. The lowest BCUT2D eigenvalue weighted by Crippen LogP contribution is -2.54. The van der Waals surface area contributed by atoms with Gasteiger partial charge in [0, 0.05) is 31.3 Å². The quantitative estimate of drug-likeness (QED) is 0.837. The van der Waals surface area contributed by atoms with Crippen molar-refractivity contribution >= 4 is 5.91 Å². The van der Waals surface area contributed by atoms with Gasteiger partial charge in [0.15, 0.2) is 0 Å². The normalized spacial score (nSPS) is 27.5. The van der Waals surface area contributed by atoms with E-state index in [1.54, 1.807) is 0 Å². The predicted molar refractivity (Wildman–Crippen MR) is 94.1 cm³/mol. The number of rotatable bonds is 2. The number of ether oxygens (including phenoxy) is 1. The molecule has 0 aromatic heterocycles. The van der Waals surface area contributed by atoms with E-state index in [1.807, 2.05) is 35.2 Å². The Labute approximate surface area is 144 Å². The van der Waals surface area contributed by atoms with E-state index in [-0.39, 0.29) is 11.5 Å². The third-order valence-electron chi connectivity index (χ3n) is 6.11. The molecule has 4 rings (SSSR count). The first-order valence-corrected chi connectivity index (χ1v) is 9.48. The SMILES string of the molecule is O=C(c1ccccc1)N1CCC2(CC1)CC(N1CCCC1)CCO2. The Bertz CT molecular complexity index is 560. The summed E-state index contributed by atoms with van der Waals surface area (Å²) < 4.78 is 6.27. The number of hydrogen-bond donors (Lipinski definition) is 0. The van der Waals surface area contributed by atoms with Crippen LogP contribution in [0.5, 0.6) is 0 Å². The zero-order valence-corrected chi connectivity index (χ0v) is 14.5. The average molecular weight is 328 g/mol. The number of amides is 1. The number of carbonyl (C=O) groups excluding carboxylic acids is 1. The monoisotopic (exact) mass is 328 g/mol. The first kappa shape index (κ1) is 16.1. The lowest BCUT2D eigenvalue weighted by atomic mass is 9.81. The highest BCUT2D eigenvalue weighted by molar-refractivity contribution is 5.94. The van der Waals surface area contributed by atoms with Crippen LogP contribution in [0.15, 0.2) is 30.3 Å². The van der Waals surface area contributed by atoms with E-state index in [0.29, 0.717) is 6.04 Å². The summed E-state index contributed by atoms with van der Waals surface area (Å²) in [5.41, 5.74) is 0.812. The Morgan fingerprint density at radius 3 is 2.46 bits per heavy atom. The highest BCUT2D eigenvalue weighted by Crippen LogP contribution is 2.37. The molecule has 0 bridgehead atoms. The highest BCUT2D eigenvalue weighted by atomic mass is 16.5. The molecule has 4 heteroatoms. The minimum Gasteiger partial charge on any atom is -0.375 e. The van der Waals surface area contributed by atoms with Crippen LogP contribution in [-0.2, 0) is 4.74 Å². The number of hydrogen-bond acceptors (Lipinski definition) is 3. The lowest BCUT2D eigenvalue weighted by Gasteiger charge is -2.48. The summed E-state index contributed by atoms with van der Waals surface area (Å²) in [6, 6.07) is 10.3. The molecule has 1 atom stereocenters. The number of carbonyl (C=O) groups is 1. The molecule has 3 saturated heterocycles. The molecule has 3 heterocycles. The van der Waals surface area contributed by atoms with Crippen molar-refractivity contribution in [2.24, 2.45) is 0 Å². The summed E-state index contributed by atoms with van der Waals surface area (Å²) in [7, 11) is 0. The molecule has 1 spiro atoms. The molecule has 1 aromatic carbocycles. The van der Waals surface area contributed by atoms with Crippen LogP contribution in [0.4, 0.5) is 0 Å². The van der Waals surface area contributed by atoms with Crippen molar-refractivity contribution in [3.05, 3.63) is 35.9 Å². The maximum absolute atomic E-state index is 12.6. The highest BCUT2D eigenvalue weighted by Gasteiger charge is 2.42. The number of piperidine rings is 1. The smallest absolute Gasteiger partial charge is 0.253 e. The van der Waals surface area contributed by atoms with Gasteiger partial charge in [0.1, 0.15) is 0 Å². The van der Waals surface area contributed by atoms with Crippen LogP contribution >= 0.6 is 0 Å². The Morgan fingerprint density at radius 2 is 1.75 bits per heavy atom. The topological polar surface area (TPSA) is 32.8 Å². The van der Waals surface area contributed by atoms with Gasteiger partial charge < -0.3 is 14.5 Å². The summed E-state index contributed by atoms with van der Waals surface area (Å²) in [5.74, 6) is 0.164. The second-order valence-corrected chi connectivity index (χ2v) is 7.58. The van der Waals surface area contributed by atoms with Crippen molar-refractivity contribution in [1.82, 2.24) is 9.80 Å². The molecule has 3 fully saturated rings. The fourth-order valence-electron chi connectivity index (χ4n) is 4.65. The summed E-state index contributed by atoms with van der Waals surface area (Å²) in [5, 5.41) is 0. The third kappa shape index (κ3) is 3.22. The molecule has 0 saturated carbocycles. The molecule has 4 nitrogen and oxygen atoms in total. The average Bonchev–Trinajstić information content (AvgIpc) is 3.17. The number of nitrogens with zero attached hydrogens (tertiary/aromatic N) is 2. The van der Waals surface area contributed by atoms with Crippen LogP contribution < -0.4 is 0 Å². The predicted octanol–water partition coefficient (Wildman–Crippen LogP) is 2.94. The van der Waals surface area contributed by atoms with Gasteiger partial charge >= 0.3 is 0 Å². The van der Waals surface area contributed by atoms with E-state index in [9.17, 15) is 4.79 Å². The molecule has 1 aromatic rings. The lowest BCUT2D eigenvalue weighted by molar-refractivity contribution is -0.128. The van der Waals surface area contributed by atoms with Gasteiger partial charge in [-0.15, -0.1) is 0 Å². The maximum Gasteiger partial charge on any atom is 0.253 e. The molecule has 24 heavy (non-hydrogen) atoms. The van der Waals surface area contributed by atoms with Crippen molar-refractivity contribution in [3.8, 4) is 0 Å². The second kappa shape index (κ2) is 6.85. The van der Waals surface area contributed by atoms with Crippen molar-refractivity contribution < 1.29 is 9.53 Å². The van der Waals surface area contributed by atoms with Crippen molar-refractivity contribution in [3.63, 3.8) is 0 Å². The molecule has 0 radical (unpaired) electrons. The number of benzene rings is 1. The summed E-state index contributed by atoms with van der Waals surface area (Å²) in [6.07, 6.45) is 6.99. The van der Waals surface area contributed by atoms with Crippen molar-refractivity contribution in [1.29, 1.82) is 0 Å². The van der Waals surface area contributed by atoms with Crippen LogP contribution in [0.2, 0.25) is 0 Å².